The first kappa shape index (κ1) is 13.7. The van der Waals surface area contributed by atoms with Crippen molar-refractivity contribution in [2.24, 2.45) is 5.73 Å². The number of benzene rings is 2. The molecule has 0 aliphatic heterocycles. The van der Waals surface area contributed by atoms with Crippen molar-refractivity contribution in [1.82, 2.24) is 0 Å². The van der Waals surface area contributed by atoms with Gasteiger partial charge in [-0.15, -0.1) is 0 Å². The zero-order chi connectivity index (χ0) is 13.0. The van der Waals surface area contributed by atoms with Gasteiger partial charge in [0.2, 0.25) is 0 Å². The third-order valence-electron chi connectivity index (χ3n) is 2.66. The predicted octanol–water partition coefficient (Wildman–Crippen LogP) is 4.41. The number of aryl methyl sites for hydroxylation is 1. The maximum absolute atomic E-state index is 5.58. The van der Waals surface area contributed by atoms with Crippen LogP contribution in [0.4, 0.5) is 0 Å². The summed E-state index contributed by atoms with van der Waals surface area (Å²) in [5.41, 5.74) is 8.14. The molecular formula is C15H16BrNS. The van der Waals surface area contributed by atoms with E-state index in [-0.39, 0.29) is 0 Å². The molecule has 0 heterocycles. The molecule has 0 bridgehead atoms. The normalized spacial score (nSPS) is 10.6. The monoisotopic (exact) mass is 321 g/mol. The Morgan fingerprint density at radius 3 is 2.56 bits per heavy atom. The van der Waals surface area contributed by atoms with Crippen LogP contribution in [0.2, 0.25) is 0 Å². The fourth-order valence-electron chi connectivity index (χ4n) is 1.76. The highest BCUT2D eigenvalue weighted by Crippen LogP contribution is 2.31. The second-order valence-corrected chi connectivity index (χ2v) is 6.21. The van der Waals surface area contributed by atoms with E-state index < -0.39 is 0 Å². The molecule has 18 heavy (non-hydrogen) atoms. The molecule has 0 aromatic heterocycles. The van der Waals surface area contributed by atoms with Crippen LogP contribution in [0.25, 0.3) is 0 Å². The van der Waals surface area contributed by atoms with Gasteiger partial charge in [-0.25, -0.2) is 0 Å². The molecule has 0 atom stereocenters. The highest BCUT2D eigenvalue weighted by Gasteiger charge is 2.03. The van der Waals surface area contributed by atoms with Crippen LogP contribution in [0.3, 0.4) is 0 Å². The van der Waals surface area contributed by atoms with Crippen LogP contribution in [0.5, 0.6) is 0 Å². The van der Waals surface area contributed by atoms with Crippen molar-refractivity contribution in [3.63, 3.8) is 0 Å². The van der Waals surface area contributed by atoms with Crippen molar-refractivity contribution in [2.75, 3.05) is 6.54 Å². The summed E-state index contributed by atoms with van der Waals surface area (Å²) >= 11 is 5.39. The molecule has 1 nitrogen and oxygen atoms in total. The van der Waals surface area contributed by atoms with Crippen molar-refractivity contribution in [2.45, 2.75) is 23.1 Å². The van der Waals surface area contributed by atoms with E-state index in [4.69, 9.17) is 5.73 Å². The van der Waals surface area contributed by atoms with Gasteiger partial charge in [0.25, 0.3) is 0 Å². The number of rotatable bonds is 4. The Labute approximate surface area is 121 Å². The molecule has 2 rings (SSSR count). The molecule has 0 unspecified atom stereocenters. The van der Waals surface area contributed by atoms with Crippen LogP contribution >= 0.6 is 27.7 Å². The lowest BCUT2D eigenvalue weighted by Gasteiger charge is -2.07. The van der Waals surface area contributed by atoms with Gasteiger partial charge in [-0.1, -0.05) is 51.5 Å². The maximum atomic E-state index is 5.58. The lowest BCUT2D eigenvalue weighted by molar-refractivity contribution is 0.960. The summed E-state index contributed by atoms with van der Waals surface area (Å²) in [4.78, 5) is 2.52. The molecular weight excluding hydrogens is 306 g/mol. The number of halogens is 1. The minimum atomic E-state index is 0.684. The number of nitrogens with two attached hydrogens (primary N) is 1. The standard InChI is InChI=1S/C15H16BrNS/c1-11-3-2-4-13(9-11)18-14-6-5-12(7-8-17)15(16)10-14/h2-6,9-10H,7-8,17H2,1H3. The molecule has 0 saturated carbocycles. The fourth-order valence-corrected chi connectivity index (χ4v) is 3.47. The van der Waals surface area contributed by atoms with Gasteiger partial charge in [0.05, 0.1) is 0 Å². The third kappa shape index (κ3) is 3.61. The van der Waals surface area contributed by atoms with Crippen LogP contribution in [-0.2, 0) is 6.42 Å². The minimum Gasteiger partial charge on any atom is -0.330 e. The summed E-state index contributed by atoms with van der Waals surface area (Å²) in [7, 11) is 0. The fraction of sp³-hybridized carbons (Fsp3) is 0.200. The van der Waals surface area contributed by atoms with Gasteiger partial charge < -0.3 is 5.73 Å². The summed E-state index contributed by atoms with van der Waals surface area (Å²) in [5.74, 6) is 0. The summed E-state index contributed by atoms with van der Waals surface area (Å²) in [6, 6.07) is 15.0. The molecule has 2 aromatic carbocycles. The molecule has 2 aromatic rings. The second-order valence-electron chi connectivity index (χ2n) is 4.21. The quantitative estimate of drug-likeness (QED) is 0.902. The van der Waals surface area contributed by atoms with E-state index in [0.717, 1.165) is 10.9 Å². The van der Waals surface area contributed by atoms with Crippen LogP contribution in [-0.4, -0.2) is 6.54 Å². The Morgan fingerprint density at radius 1 is 1.11 bits per heavy atom. The van der Waals surface area contributed by atoms with E-state index in [1.165, 1.54) is 20.9 Å². The molecule has 2 N–H and O–H groups in total. The molecule has 0 amide bonds. The van der Waals surface area contributed by atoms with Crippen molar-refractivity contribution < 1.29 is 0 Å². The van der Waals surface area contributed by atoms with E-state index in [9.17, 15) is 0 Å². The Balaban J connectivity index is 2.17. The molecule has 0 saturated heterocycles. The Morgan fingerprint density at radius 2 is 1.89 bits per heavy atom. The lowest BCUT2D eigenvalue weighted by Crippen LogP contribution is -2.03. The Bertz CT molecular complexity index is 540. The maximum Gasteiger partial charge on any atom is 0.0219 e. The van der Waals surface area contributed by atoms with Gasteiger partial charge >= 0.3 is 0 Å². The Kier molecular flexibility index (Phi) is 4.87. The number of hydrogen-bond acceptors (Lipinski definition) is 2. The van der Waals surface area contributed by atoms with Crippen LogP contribution < -0.4 is 5.73 Å². The Hall–Kier alpha value is -0.770. The number of hydrogen-bond donors (Lipinski definition) is 1. The summed E-state index contributed by atoms with van der Waals surface area (Å²) in [6.07, 6.45) is 0.913. The van der Waals surface area contributed by atoms with Gasteiger partial charge in [-0.3, -0.25) is 0 Å². The highest BCUT2D eigenvalue weighted by atomic mass is 79.9. The van der Waals surface area contributed by atoms with Crippen molar-refractivity contribution in [3.8, 4) is 0 Å². The molecule has 0 fully saturated rings. The van der Waals surface area contributed by atoms with E-state index in [1.807, 2.05) is 0 Å². The minimum absolute atomic E-state index is 0.684. The van der Waals surface area contributed by atoms with E-state index in [2.05, 4.69) is 65.3 Å². The van der Waals surface area contributed by atoms with Crippen molar-refractivity contribution >= 4 is 27.7 Å². The lowest BCUT2D eigenvalue weighted by atomic mass is 10.1. The molecule has 0 radical (unpaired) electrons. The SMILES string of the molecule is Cc1cccc(Sc2ccc(CCN)c(Br)c2)c1. The first-order valence-electron chi connectivity index (χ1n) is 5.92. The van der Waals surface area contributed by atoms with Gasteiger partial charge in [0, 0.05) is 14.3 Å². The molecule has 94 valence electrons. The molecule has 0 aliphatic rings. The highest BCUT2D eigenvalue weighted by molar-refractivity contribution is 9.10. The summed E-state index contributed by atoms with van der Waals surface area (Å²) < 4.78 is 1.14. The van der Waals surface area contributed by atoms with Gasteiger partial charge in [0.1, 0.15) is 0 Å². The predicted molar refractivity (Wildman–Crippen MR) is 82.2 cm³/mol. The average Bonchev–Trinajstić information content (AvgIpc) is 2.33. The molecule has 0 aliphatic carbocycles. The average molecular weight is 322 g/mol. The van der Waals surface area contributed by atoms with Crippen molar-refractivity contribution in [3.05, 3.63) is 58.1 Å². The smallest absolute Gasteiger partial charge is 0.0219 e. The van der Waals surface area contributed by atoms with Crippen LogP contribution in [0.1, 0.15) is 11.1 Å². The third-order valence-corrected chi connectivity index (χ3v) is 4.38. The van der Waals surface area contributed by atoms with Crippen LogP contribution in [0, 0.1) is 6.92 Å². The first-order chi connectivity index (χ1) is 8.69. The van der Waals surface area contributed by atoms with Gasteiger partial charge in [0.15, 0.2) is 0 Å². The van der Waals surface area contributed by atoms with Crippen molar-refractivity contribution in [1.29, 1.82) is 0 Å². The van der Waals surface area contributed by atoms with E-state index in [1.54, 1.807) is 11.8 Å². The van der Waals surface area contributed by atoms with Crippen LogP contribution in [0.15, 0.2) is 56.7 Å². The second kappa shape index (κ2) is 6.41. The summed E-state index contributed by atoms with van der Waals surface area (Å²) in [6.45, 7) is 2.80. The zero-order valence-corrected chi connectivity index (χ0v) is 12.7. The zero-order valence-electron chi connectivity index (χ0n) is 10.3. The van der Waals surface area contributed by atoms with E-state index >= 15 is 0 Å². The first-order valence-corrected chi connectivity index (χ1v) is 7.53. The topological polar surface area (TPSA) is 26.0 Å². The summed E-state index contributed by atoms with van der Waals surface area (Å²) in [5, 5.41) is 0. The van der Waals surface area contributed by atoms with Gasteiger partial charge in [-0.05, 0) is 49.7 Å². The molecule has 0 spiro atoms. The largest absolute Gasteiger partial charge is 0.330 e. The van der Waals surface area contributed by atoms with Gasteiger partial charge in [-0.2, -0.15) is 0 Å². The molecule has 3 heteroatoms. The van der Waals surface area contributed by atoms with E-state index in [0.29, 0.717) is 6.54 Å².